The molecule has 0 spiro atoms. The molecule has 1 aliphatic heterocycles. The first-order valence-corrected chi connectivity index (χ1v) is 8.74. The van der Waals surface area contributed by atoms with E-state index in [2.05, 4.69) is 10.6 Å². The molecular weight excluding hydrogens is 325 g/mol. The zero-order valence-corrected chi connectivity index (χ0v) is 14.3. The number of anilines is 1. The molecule has 7 heteroatoms. The molecule has 1 aromatic carbocycles. The first kappa shape index (κ1) is 17.7. The van der Waals surface area contributed by atoms with Gasteiger partial charge in [-0.25, -0.2) is 9.18 Å². The van der Waals surface area contributed by atoms with Crippen molar-refractivity contribution in [2.75, 3.05) is 25.0 Å². The quantitative estimate of drug-likeness (QED) is 0.828. The van der Waals surface area contributed by atoms with Gasteiger partial charge in [-0.05, 0) is 56.4 Å². The van der Waals surface area contributed by atoms with Crippen LogP contribution in [-0.2, 0) is 9.53 Å². The predicted octanol–water partition coefficient (Wildman–Crippen LogP) is 2.36. The second-order valence-corrected chi connectivity index (χ2v) is 6.79. The molecule has 1 aromatic rings. The summed E-state index contributed by atoms with van der Waals surface area (Å²) in [4.78, 5) is 26.1. The van der Waals surface area contributed by atoms with E-state index >= 15 is 0 Å². The highest BCUT2D eigenvalue weighted by Gasteiger charge is 2.31. The summed E-state index contributed by atoms with van der Waals surface area (Å²) in [5.74, 6) is 0.247. The Balaban J connectivity index is 1.41. The molecule has 0 aromatic heterocycles. The molecule has 1 saturated heterocycles. The largest absolute Gasteiger partial charge is 0.368 e. The van der Waals surface area contributed by atoms with Crippen molar-refractivity contribution in [1.82, 2.24) is 10.2 Å². The van der Waals surface area contributed by atoms with Gasteiger partial charge in [0.25, 0.3) is 5.91 Å². The first-order valence-electron chi connectivity index (χ1n) is 8.74. The molecule has 0 radical (unpaired) electrons. The predicted molar refractivity (Wildman–Crippen MR) is 91.7 cm³/mol. The summed E-state index contributed by atoms with van der Waals surface area (Å²) in [6, 6.07) is 5.11. The minimum absolute atomic E-state index is 0.0242. The van der Waals surface area contributed by atoms with Gasteiger partial charge in [0, 0.05) is 24.8 Å². The van der Waals surface area contributed by atoms with Crippen molar-refractivity contribution in [2.45, 2.75) is 38.3 Å². The van der Waals surface area contributed by atoms with Crippen molar-refractivity contribution in [3.8, 4) is 0 Å². The van der Waals surface area contributed by atoms with Crippen LogP contribution in [0.5, 0.6) is 0 Å². The summed E-state index contributed by atoms with van der Waals surface area (Å²) in [6.07, 6.45) is 2.66. The highest BCUT2D eigenvalue weighted by atomic mass is 19.1. The van der Waals surface area contributed by atoms with E-state index in [4.69, 9.17) is 4.74 Å². The molecule has 3 amide bonds. The normalized spacial score (nSPS) is 21.0. The van der Waals surface area contributed by atoms with Crippen molar-refractivity contribution in [2.24, 2.45) is 5.92 Å². The van der Waals surface area contributed by atoms with E-state index in [1.54, 1.807) is 11.8 Å². The Morgan fingerprint density at radius 1 is 1.28 bits per heavy atom. The Kier molecular flexibility index (Phi) is 5.53. The van der Waals surface area contributed by atoms with Crippen molar-refractivity contribution < 1.29 is 18.7 Å². The average molecular weight is 349 g/mol. The molecule has 0 bridgehead atoms. The summed E-state index contributed by atoms with van der Waals surface area (Å²) < 4.78 is 18.5. The summed E-state index contributed by atoms with van der Waals surface area (Å²) in [6.45, 7) is 3.53. The van der Waals surface area contributed by atoms with Crippen LogP contribution in [0.1, 0.15) is 26.2 Å². The lowest BCUT2D eigenvalue weighted by atomic mass is 10.2. The first-order chi connectivity index (χ1) is 12.0. The number of carbonyl (C=O) groups excluding carboxylic acids is 2. The van der Waals surface area contributed by atoms with E-state index < -0.39 is 6.10 Å². The van der Waals surface area contributed by atoms with Gasteiger partial charge < -0.3 is 20.3 Å². The van der Waals surface area contributed by atoms with Crippen molar-refractivity contribution in [3.63, 3.8) is 0 Å². The maximum Gasteiger partial charge on any atom is 0.319 e. The summed E-state index contributed by atoms with van der Waals surface area (Å²) in [7, 11) is 0. The number of rotatable bonds is 6. The Morgan fingerprint density at radius 2 is 2.00 bits per heavy atom. The number of halogens is 1. The van der Waals surface area contributed by atoms with Crippen molar-refractivity contribution >= 4 is 17.6 Å². The molecule has 6 nitrogen and oxygen atoms in total. The van der Waals surface area contributed by atoms with Crippen LogP contribution in [0.25, 0.3) is 0 Å². The lowest BCUT2D eigenvalue weighted by Gasteiger charge is -2.21. The molecule has 2 aliphatic rings. The number of hydrogen-bond acceptors (Lipinski definition) is 3. The number of hydrogen-bond donors (Lipinski definition) is 2. The van der Waals surface area contributed by atoms with Gasteiger partial charge in [0.05, 0.1) is 6.61 Å². The van der Waals surface area contributed by atoms with Crippen LogP contribution in [0.15, 0.2) is 24.3 Å². The molecule has 1 aliphatic carbocycles. The van der Waals surface area contributed by atoms with E-state index in [0.29, 0.717) is 37.7 Å². The lowest BCUT2D eigenvalue weighted by Crippen LogP contribution is -2.43. The van der Waals surface area contributed by atoms with Gasteiger partial charge in [-0.15, -0.1) is 0 Å². The third kappa shape index (κ3) is 5.16. The van der Waals surface area contributed by atoms with Gasteiger partial charge in [0.15, 0.2) is 0 Å². The number of likely N-dealkylation sites (tertiary alicyclic amines) is 1. The third-order valence-electron chi connectivity index (χ3n) is 4.56. The molecule has 2 N–H and O–H groups in total. The van der Waals surface area contributed by atoms with Crippen LogP contribution in [0.2, 0.25) is 0 Å². The third-order valence-corrected chi connectivity index (χ3v) is 4.56. The van der Waals surface area contributed by atoms with Crippen LogP contribution < -0.4 is 10.6 Å². The Bertz CT molecular complexity index is 618. The van der Waals surface area contributed by atoms with E-state index in [1.807, 2.05) is 0 Å². The molecule has 3 rings (SSSR count). The zero-order chi connectivity index (χ0) is 17.8. The molecule has 25 heavy (non-hydrogen) atoms. The van der Waals surface area contributed by atoms with Gasteiger partial charge in [0.2, 0.25) is 0 Å². The van der Waals surface area contributed by atoms with Crippen molar-refractivity contribution in [3.05, 3.63) is 30.1 Å². The van der Waals surface area contributed by atoms with Gasteiger partial charge in [-0.3, -0.25) is 4.79 Å². The second kappa shape index (κ2) is 7.82. The molecule has 1 saturated carbocycles. The standard InChI is InChI=1S/C18H24FN3O3/c1-12(25-11-13-2-3-13)17(23)22-9-8-16(10-22)21-18(24)20-15-6-4-14(19)5-7-15/h4-7,12-13,16H,2-3,8-11H2,1H3,(H2,20,21,24). The SMILES string of the molecule is CC(OCC1CC1)C(=O)N1CCC(NC(=O)Nc2ccc(F)cc2)C1. The van der Waals surface area contributed by atoms with Crippen LogP contribution in [0.3, 0.4) is 0 Å². The van der Waals surface area contributed by atoms with E-state index in [-0.39, 0.29) is 23.8 Å². The van der Waals surface area contributed by atoms with Crippen molar-refractivity contribution in [1.29, 1.82) is 0 Å². The topological polar surface area (TPSA) is 70.7 Å². The average Bonchev–Trinajstić information content (AvgIpc) is 3.31. The fourth-order valence-electron chi connectivity index (χ4n) is 2.86. The monoisotopic (exact) mass is 349 g/mol. The summed E-state index contributed by atoms with van der Waals surface area (Å²) in [5, 5.41) is 5.51. The minimum atomic E-state index is -0.438. The van der Waals surface area contributed by atoms with Crippen LogP contribution >= 0.6 is 0 Å². The fraction of sp³-hybridized carbons (Fsp3) is 0.556. The molecule has 2 unspecified atom stereocenters. The Labute approximate surface area is 146 Å². The molecule has 136 valence electrons. The van der Waals surface area contributed by atoms with Gasteiger partial charge >= 0.3 is 6.03 Å². The van der Waals surface area contributed by atoms with Gasteiger partial charge in [0.1, 0.15) is 11.9 Å². The fourth-order valence-corrected chi connectivity index (χ4v) is 2.86. The maximum atomic E-state index is 12.9. The number of benzene rings is 1. The summed E-state index contributed by atoms with van der Waals surface area (Å²) in [5.41, 5.74) is 0.520. The number of nitrogens with one attached hydrogen (secondary N) is 2. The van der Waals surface area contributed by atoms with E-state index in [0.717, 1.165) is 0 Å². The zero-order valence-electron chi connectivity index (χ0n) is 14.3. The summed E-state index contributed by atoms with van der Waals surface area (Å²) >= 11 is 0. The Morgan fingerprint density at radius 3 is 2.68 bits per heavy atom. The highest BCUT2D eigenvalue weighted by molar-refractivity contribution is 5.89. The molecule has 2 fully saturated rings. The number of urea groups is 1. The second-order valence-electron chi connectivity index (χ2n) is 6.79. The number of carbonyl (C=O) groups is 2. The van der Waals surface area contributed by atoms with Crippen LogP contribution in [0, 0.1) is 11.7 Å². The Hall–Kier alpha value is -2.15. The molecule has 1 heterocycles. The minimum Gasteiger partial charge on any atom is -0.368 e. The maximum absolute atomic E-state index is 12.9. The van der Waals surface area contributed by atoms with E-state index in [9.17, 15) is 14.0 Å². The number of amides is 3. The number of nitrogens with zero attached hydrogens (tertiary/aromatic N) is 1. The van der Waals surface area contributed by atoms with Crippen LogP contribution in [0.4, 0.5) is 14.9 Å². The lowest BCUT2D eigenvalue weighted by molar-refractivity contribution is -0.141. The smallest absolute Gasteiger partial charge is 0.319 e. The molecular formula is C18H24FN3O3. The molecule has 2 atom stereocenters. The van der Waals surface area contributed by atoms with Crippen LogP contribution in [-0.4, -0.2) is 48.7 Å². The van der Waals surface area contributed by atoms with Gasteiger partial charge in [-0.2, -0.15) is 0 Å². The van der Waals surface area contributed by atoms with E-state index in [1.165, 1.54) is 37.1 Å². The highest BCUT2D eigenvalue weighted by Crippen LogP contribution is 2.29. The van der Waals surface area contributed by atoms with Gasteiger partial charge in [-0.1, -0.05) is 0 Å². The number of ether oxygens (including phenoxy) is 1.